The number of anilines is 1. The van der Waals surface area contributed by atoms with Gasteiger partial charge in [-0.15, -0.1) is 0 Å². The van der Waals surface area contributed by atoms with Crippen LogP contribution in [0, 0.1) is 0 Å². The molecular formula is C15H18N4O2. The fourth-order valence-corrected chi connectivity index (χ4v) is 2.53. The Hall–Kier alpha value is -2.18. The lowest BCUT2D eigenvalue weighted by molar-refractivity contribution is -0.117. The van der Waals surface area contributed by atoms with Gasteiger partial charge in [0.25, 0.3) is 0 Å². The van der Waals surface area contributed by atoms with Gasteiger partial charge in [0.2, 0.25) is 5.91 Å². The molecule has 2 unspecified atom stereocenters. The van der Waals surface area contributed by atoms with Gasteiger partial charge in [-0.3, -0.25) is 4.79 Å². The van der Waals surface area contributed by atoms with Crippen LogP contribution in [0.3, 0.4) is 0 Å². The highest BCUT2D eigenvalue weighted by Gasteiger charge is 2.27. The molecule has 2 atom stereocenters. The third kappa shape index (κ3) is 2.96. The van der Waals surface area contributed by atoms with Crippen molar-refractivity contribution in [3.05, 3.63) is 36.7 Å². The predicted molar refractivity (Wildman–Crippen MR) is 79.7 cm³/mol. The summed E-state index contributed by atoms with van der Waals surface area (Å²) >= 11 is 0. The Morgan fingerprint density at radius 3 is 3.05 bits per heavy atom. The van der Waals surface area contributed by atoms with Gasteiger partial charge in [-0.25, -0.2) is 4.98 Å². The van der Waals surface area contributed by atoms with Crippen LogP contribution in [0.5, 0.6) is 0 Å². The van der Waals surface area contributed by atoms with Gasteiger partial charge >= 0.3 is 0 Å². The van der Waals surface area contributed by atoms with Crippen molar-refractivity contribution in [1.29, 1.82) is 0 Å². The lowest BCUT2D eigenvalue weighted by Gasteiger charge is -2.12. The summed E-state index contributed by atoms with van der Waals surface area (Å²) in [4.78, 5) is 16.4. The van der Waals surface area contributed by atoms with E-state index in [1.165, 1.54) is 0 Å². The minimum absolute atomic E-state index is 0.122. The Morgan fingerprint density at radius 1 is 1.52 bits per heavy atom. The number of nitrogens with one attached hydrogen (secondary N) is 2. The number of aliphatic hydroxyl groups excluding tert-OH is 1. The molecule has 3 N–H and O–H groups in total. The van der Waals surface area contributed by atoms with Crippen molar-refractivity contribution in [1.82, 2.24) is 14.9 Å². The number of aromatic nitrogens is 2. The molecule has 1 aliphatic heterocycles. The second kappa shape index (κ2) is 5.67. The Balaban J connectivity index is 1.75. The largest absolute Gasteiger partial charge is 0.392 e. The number of nitrogens with zero attached hydrogens (tertiary/aromatic N) is 2. The lowest BCUT2D eigenvalue weighted by atomic mass is 10.1. The van der Waals surface area contributed by atoms with Gasteiger partial charge in [0, 0.05) is 37.2 Å². The summed E-state index contributed by atoms with van der Waals surface area (Å²) in [5, 5.41) is 15.3. The number of aryl methyl sites for hydroxylation is 1. The van der Waals surface area contributed by atoms with Gasteiger partial charge in [-0.05, 0) is 18.6 Å². The van der Waals surface area contributed by atoms with Crippen LogP contribution >= 0.6 is 0 Å². The Morgan fingerprint density at radius 2 is 2.38 bits per heavy atom. The first kappa shape index (κ1) is 13.8. The van der Waals surface area contributed by atoms with E-state index in [9.17, 15) is 9.90 Å². The molecule has 0 bridgehead atoms. The molecule has 1 fully saturated rings. The molecule has 2 aromatic rings. The number of carbonyl (C=O) groups excluding carboxylic acids is 1. The number of aliphatic hydroxyl groups is 1. The Kier molecular flexibility index (Phi) is 3.72. The second-order valence-corrected chi connectivity index (χ2v) is 5.28. The molecule has 1 aromatic carbocycles. The first-order valence-corrected chi connectivity index (χ1v) is 6.93. The summed E-state index contributed by atoms with van der Waals surface area (Å²) < 4.78 is 1.93. The van der Waals surface area contributed by atoms with Crippen LogP contribution < -0.4 is 10.6 Å². The van der Waals surface area contributed by atoms with Gasteiger partial charge in [-0.1, -0.05) is 12.1 Å². The van der Waals surface area contributed by atoms with Crippen LogP contribution in [0.2, 0.25) is 0 Å². The number of β-amino-alcohol motifs (C(OH)–C–C–N with tert-alkyl or cyclic N) is 1. The van der Waals surface area contributed by atoms with Crippen molar-refractivity contribution >= 4 is 11.6 Å². The standard InChI is InChI=1S/C15H18N4O2/c1-19-6-5-16-14(19)10-3-2-4-11(7-10)18-15(21)13-8-12(20)9-17-13/h2-7,12-13,17,20H,8-9H2,1H3,(H,18,21). The van der Waals surface area contributed by atoms with Crippen LogP contribution in [0.1, 0.15) is 6.42 Å². The summed E-state index contributed by atoms with van der Waals surface area (Å²) in [5.41, 5.74) is 1.67. The van der Waals surface area contributed by atoms with E-state index in [1.807, 2.05) is 42.1 Å². The van der Waals surface area contributed by atoms with E-state index in [4.69, 9.17) is 0 Å². The van der Waals surface area contributed by atoms with Crippen LogP contribution in [0.15, 0.2) is 36.7 Å². The van der Waals surface area contributed by atoms with Crippen molar-refractivity contribution in [2.75, 3.05) is 11.9 Å². The van der Waals surface area contributed by atoms with Gasteiger partial charge in [0.1, 0.15) is 5.82 Å². The van der Waals surface area contributed by atoms with Crippen molar-refractivity contribution in [2.45, 2.75) is 18.6 Å². The van der Waals surface area contributed by atoms with Gasteiger partial charge < -0.3 is 20.3 Å². The number of rotatable bonds is 3. The van der Waals surface area contributed by atoms with Gasteiger partial charge in [-0.2, -0.15) is 0 Å². The zero-order chi connectivity index (χ0) is 14.8. The normalized spacial score (nSPS) is 21.4. The summed E-state index contributed by atoms with van der Waals surface area (Å²) in [7, 11) is 1.93. The van der Waals surface area contributed by atoms with E-state index in [2.05, 4.69) is 15.6 Å². The number of amides is 1. The fraction of sp³-hybridized carbons (Fsp3) is 0.333. The van der Waals surface area contributed by atoms with Crippen molar-refractivity contribution in [3.63, 3.8) is 0 Å². The van der Waals surface area contributed by atoms with Crippen LogP contribution in [-0.4, -0.2) is 39.3 Å². The molecule has 1 aromatic heterocycles. The molecule has 1 amide bonds. The molecule has 0 aliphatic carbocycles. The summed E-state index contributed by atoms with van der Waals surface area (Å²) in [6.07, 6.45) is 3.62. The Bertz CT molecular complexity index is 653. The molecule has 1 saturated heterocycles. The molecule has 0 spiro atoms. The van der Waals surface area contributed by atoms with Crippen LogP contribution in [0.4, 0.5) is 5.69 Å². The maximum atomic E-state index is 12.1. The minimum atomic E-state index is -0.445. The zero-order valence-electron chi connectivity index (χ0n) is 11.8. The monoisotopic (exact) mass is 286 g/mol. The molecule has 3 rings (SSSR count). The highest BCUT2D eigenvalue weighted by molar-refractivity contribution is 5.95. The summed E-state index contributed by atoms with van der Waals surface area (Å²) in [6, 6.07) is 7.24. The van der Waals surface area contributed by atoms with Gasteiger partial charge in [0.15, 0.2) is 0 Å². The SMILES string of the molecule is Cn1ccnc1-c1cccc(NC(=O)C2CC(O)CN2)c1. The van der Waals surface area contributed by atoms with E-state index < -0.39 is 6.10 Å². The molecule has 21 heavy (non-hydrogen) atoms. The van der Waals surface area contributed by atoms with E-state index in [0.29, 0.717) is 13.0 Å². The second-order valence-electron chi connectivity index (χ2n) is 5.28. The Labute approximate surface area is 122 Å². The predicted octanol–water partition coefficient (Wildman–Crippen LogP) is 0.748. The zero-order valence-corrected chi connectivity index (χ0v) is 11.8. The first-order chi connectivity index (χ1) is 10.1. The van der Waals surface area contributed by atoms with Crippen molar-refractivity contribution in [2.24, 2.45) is 7.05 Å². The number of hydrogen-bond acceptors (Lipinski definition) is 4. The maximum Gasteiger partial charge on any atom is 0.241 e. The van der Waals surface area contributed by atoms with Gasteiger partial charge in [0.05, 0.1) is 12.1 Å². The fourth-order valence-electron chi connectivity index (χ4n) is 2.53. The van der Waals surface area contributed by atoms with Crippen LogP contribution in [0.25, 0.3) is 11.4 Å². The third-order valence-electron chi connectivity index (χ3n) is 3.63. The lowest BCUT2D eigenvalue weighted by Crippen LogP contribution is -2.35. The highest BCUT2D eigenvalue weighted by Crippen LogP contribution is 2.21. The molecular weight excluding hydrogens is 268 g/mol. The molecule has 1 aliphatic rings. The summed E-state index contributed by atoms with van der Waals surface area (Å²) in [5.74, 6) is 0.726. The average Bonchev–Trinajstić information content (AvgIpc) is 3.08. The maximum absolute atomic E-state index is 12.1. The van der Waals surface area contributed by atoms with E-state index in [-0.39, 0.29) is 11.9 Å². The molecule has 6 heteroatoms. The van der Waals surface area contributed by atoms with E-state index in [1.54, 1.807) is 6.20 Å². The molecule has 2 heterocycles. The van der Waals surface area contributed by atoms with Crippen molar-refractivity contribution in [3.8, 4) is 11.4 Å². The quantitative estimate of drug-likeness (QED) is 0.778. The summed E-state index contributed by atoms with van der Waals surface area (Å²) in [6.45, 7) is 0.464. The van der Waals surface area contributed by atoms with Crippen LogP contribution in [-0.2, 0) is 11.8 Å². The first-order valence-electron chi connectivity index (χ1n) is 6.93. The number of carbonyl (C=O) groups is 1. The number of benzene rings is 1. The molecule has 6 nitrogen and oxygen atoms in total. The smallest absolute Gasteiger partial charge is 0.241 e. The average molecular weight is 286 g/mol. The topological polar surface area (TPSA) is 79.2 Å². The molecule has 0 saturated carbocycles. The minimum Gasteiger partial charge on any atom is -0.392 e. The van der Waals surface area contributed by atoms with E-state index in [0.717, 1.165) is 17.1 Å². The molecule has 0 radical (unpaired) electrons. The third-order valence-corrected chi connectivity index (χ3v) is 3.63. The molecule has 110 valence electrons. The highest BCUT2D eigenvalue weighted by atomic mass is 16.3. The number of imidazole rings is 1. The van der Waals surface area contributed by atoms with Crippen molar-refractivity contribution < 1.29 is 9.90 Å². The number of hydrogen-bond donors (Lipinski definition) is 3. The van der Waals surface area contributed by atoms with E-state index >= 15 is 0 Å².